The normalized spacial score (nSPS) is 19.2. The monoisotopic (exact) mass is 440 g/mol. The second-order valence-corrected chi connectivity index (χ2v) is 8.35. The molecule has 1 saturated heterocycles. The molecule has 1 aromatic carbocycles. The number of benzene rings is 1. The van der Waals surface area contributed by atoms with Crippen molar-refractivity contribution in [2.24, 2.45) is 5.41 Å². The van der Waals surface area contributed by atoms with Crippen LogP contribution in [0, 0.1) is 11.2 Å². The van der Waals surface area contributed by atoms with Crippen LogP contribution < -0.4 is 0 Å². The smallest absolute Gasteiger partial charge is 0.313 e. The lowest BCUT2D eigenvalue weighted by Gasteiger charge is -2.40. The summed E-state index contributed by atoms with van der Waals surface area (Å²) in [5.41, 5.74) is 1.60. The first-order valence-electron chi connectivity index (χ1n) is 11.1. The predicted octanol–water partition coefficient (Wildman–Crippen LogP) is 4.09. The van der Waals surface area contributed by atoms with Crippen LogP contribution in [-0.2, 0) is 29.0 Å². The molecule has 32 heavy (non-hydrogen) atoms. The quantitative estimate of drug-likeness (QED) is 0.492. The fourth-order valence-electron chi connectivity index (χ4n) is 4.54. The van der Waals surface area contributed by atoms with Gasteiger partial charge in [-0.2, -0.15) is 0 Å². The molecule has 1 unspecified atom stereocenters. The van der Waals surface area contributed by atoms with Crippen molar-refractivity contribution in [3.63, 3.8) is 0 Å². The fraction of sp³-hybridized carbons (Fsp3) is 0.458. The number of carbonyl (C=O) groups excluding carboxylic acids is 1. The SMILES string of the molecule is CCOC(=O)C1(Cc2cc(-c3cccc(F)c3)no2)CCCN(Cc2cncn2CC)C1. The molecule has 2 aromatic heterocycles. The molecule has 170 valence electrons. The Bertz CT molecular complexity index is 1060. The molecule has 0 amide bonds. The summed E-state index contributed by atoms with van der Waals surface area (Å²) in [5, 5.41) is 4.11. The molecule has 0 spiro atoms. The molecule has 1 atom stereocenters. The highest BCUT2D eigenvalue weighted by atomic mass is 19.1. The van der Waals surface area contributed by atoms with Gasteiger partial charge in [-0.3, -0.25) is 9.69 Å². The lowest BCUT2D eigenvalue weighted by atomic mass is 9.76. The van der Waals surface area contributed by atoms with Crippen molar-refractivity contribution in [3.05, 3.63) is 60.1 Å². The molecule has 3 aromatic rings. The number of halogens is 1. The molecule has 0 radical (unpaired) electrons. The minimum atomic E-state index is -0.718. The van der Waals surface area contributed by atoms with E-state index in [1.165, 1.54) is 12.1 Å². The Morgan fingerprint density at radius 3 is 2.97 bits per heavy atom. The first-order valence-corrected chi connectivity index (χ1v) is 11.1. The number of aromatic nitrogens is 3. The Morgan fingerprint density at radius 2 is 2.19 bits per heavy atom. The minimum Gasteiger partial charge on any atom is -0.466 e. The molecule has 7 nitrogen and oxygen atoms in total. The molecule has 1 fully saturated rings. The predicted molar refractivity (Wildman–Crippen MR) is 117 cm³/mol. The Labute approximate surface area is 187 Å². The van der Waals surface area contributed by atoms with E-state index in [0.29, 0.717) is 43.0 Å². The van der Waals surface area contributed by atoms with Gasteiger partial charge in [-0.05, 0) is 45.4 Å². The zero-order chi connectivity index (χ0) is 22.6. The molecule has 3 heterocycles. The maximum absolute atomic E-state index is 13.6. The van der Waals surface area contributed by atoms with E-state index in [1.807, 2.05) is 19.4 Å². The van der Waals surface area contributed by atoms with E-state index < -0.39 is 5.41 Å². The van der Waals surface area contributed by atoms with Crippen molar-refractivity contribution in [2.75, 3.05) is 19.7 Å². The summed E-state index contributed by atoms with van der Waals surface area (Å²) >= 11 is 0. The van der Waals surface area contributed by atoms with Gasteiger partial charge < -0.3 is 13.8 Å². The van der Waals surface area contributed by atoms with Crippen molar-refractivity contribution >= 4 is 5.97 Å². The lowest BCUT2D eigenvalue weighted by Crippen LogP contribution is -2.49. The van der Waals surface area contributed by atoms with E-state index in [0.717, 1.165) is 31.7 Å². The molecular formula is C24H29FN4O3. The van der Waals surface area contributed by atoms with E-state index in [2.05, 4.69) is 26.5 Å². The van der Waals surface area contributed by atoms with Gasteiger partial charge in [-0.15, -0.1) is 0 Å². The van der Waals surface area contributed by atoms with Gasteiger partial charge in [0.05, 0.1) is 24.0 Å². The van der Waals surface area contributed by atoms with Crippen molar-refractivity contribution in [1.82, 2.24) is 19.6 Å². The van der Waals surface area contributed by atoms with E-state index in [4.69, 9.17) is 9.26 Å². The maximum Gasteiger partial charge on any atom is 0.313 e. The average molecular weight is 441 g/mol. The molecule has 1 aliphatic rings. The molecule has 8 heteroatoms. The summed E-state index contributed by atoms with van der Waals surface area (Å²) in [6, 6.07) is 8.02. The van der Waals surface area contributed by atoms with Crippen molar-refractivity contribution in [3.8, 4) is 11.3 Å². The first kappa shape index (κ1) is 22.2. The van der Waals surface area contributed by atoms with Crippen LogP contribution in [0.15, 0.2) is 47.4 Å². The average Bonchev–Trinajstić information content (AvgIpc) is 3.43. The van der Waals surface area contributed by atoms with Crippen LogP contribution in [0.3, 0.4) is 0 Å². The van der Waals surface area contributed by atoms with Crippen molar-refractivity contribution in [1.29, 1.82) is 0 Å². The standard InChI is InChI=1S/C24H29FN4O3/c1-3-29-17-26-14-20(29)15-28-10-6-9-24(16-28,23(30)31-4-2)13-21-12-22(27-32-21)18-7-5-8-19(25)11-18/h5,7-8,11-12,14,17H,3-4,6,9-10,13,15-16H2,1-2H3. The van der Waals surface area contributed by atoms with E-state index in [9.17, 15) is 9.18 Å². The molecule has 0 aliphatic carbocycles. The number of hydrogen-bond acceptors (Lipinski definition) is 6. The van der Waals surface area contributed by atoms with E-state index in [1.54, 1.807) is 18.2 Å². The number of piperidine rings is 1. The molecule has 0 bridgehead atoms. The van der Waals surface area contributed by atoms with Crippen LogP contribution in [0.1, 0.15) is 38.1 Å². The number of carbonyl (C=O) groups is 1. The summed E-state index contributed by atoms with van der Waals surface area (Å²) in [5.74, 6) is 0.0551. The molecular weight excluding hydrogens is 411 g/mol. The molecule has 4 rings (SSSR count). The number of esters is 1. The summed E-state index contributed by atoms with van der Waals surface area (Å²) < 4.78 is 26.8. The largest absolute Gasteiger partial charge is 0.466 e. The van der Waals surface area contributed by atoms with Gasteiger partial charge in [0, 0.05) is 43.9 Å². The number of rotatable bonds is 8. The highest BCUT2D eigenvalue weighted by Crippen LogP contribution is 2.36. The minimum absolute atomic E-state index is 0.211. The number of likely N-dealkylation sites (tertiary alicyclic amines) is 1. The van der Waals surface area contributed by atoms with Crippen LogP contribution in [0.5, 0.6) is 0 Å². The topological polar surface area (TPSA) is 73.4 Å². The van der Waals surface area contributed by atoms with Gasteiger partial charge in [0.1, 0.15) is 17.3 Å². The zero-order valence-corrected chi connectivity index (χ0v) is 18.6. The van der Waals surface area contributed by atoms with Crippen molar-refractivity contribution < 1.29 is 18.4 Å². The number of nitrogens with zero attached hydrogens (tertiary/aromatic N) is 4. The highest BCUT2D eigenvalue weighted by molar-refractivity contribution is 5.77. The van der Waals surface area contributed by atoms with Gasteiger partial charge >= 0.3 is 5.97 Å². The van der Waals surface area contributed by atoms with Crippen LogP contribution >= 0.6 is 0 Å². The molecule has 0 saturated carbocycles. The van der Waals surface area contributed by atoms with Crippen LogP contribution in [0.2, 0.25) is 0 Å². The Hall–Kier alpha value is -3.00. The number of aryl methyl sites for hydroxylation is 1. The van der Waals surface area contributed by atoms with Crippen LogP contribution in [0.4, 0.5) is 4.39 Å². The van der Waals surface area contributed by atoms with E-state index in [-0.39, 0.29) is 11.8 Å². The summed E-state index contributed by atoms with van der Waals surface area (Å²) in [7, 11) is 0. The lowest BCUT2D eigenvalue weighted by molar-refractivity contribution is -0.159. The van der Waals surface area contributed by atoms with Crippen LogP contribution in [-0.4, -0.2) is 45.3 Å². The van der Waals surface area contributed by atoms with Crippen molar-refractivity contribution in [2.45, 2.75) is 46.2 Å². The number of imidazole rings is 1. The van der Waals surface area contributed by atoms with Gasteiger partial charge in [-0.25, -0.2) is 9.37 Å². The van der Waals surface area contributed by atoms with Crippen LogP contribution in [0.25, 0.3) is 11.3 Å². The second-order valence-electron chi connectivity index (χ2n) is 8.35. The second kappa shape index (κ2) is 9.65. The van der Waals surface area contributed by atoms with Gasteiger partial charge in [0.15, 0.2) is 0 Å². The Morgan fingerprint density at radius 1 is 1.31 bits per heavy atom. The zero-order valence-electron chi connectivity index (χ0n) is 18.6. The molecule has 0 N–H and O–H groups in total. The van der Waals surface area contributed by atoms with Gasteiger partial charge in [0.2, 0.25) is 0 Å². The third-order valence-corrected chi connectivity index (χ3v) is 6.08. The maximum atomic E-state index is 13.6. The van der Waals surface area contributed by atoms with E-state index >= 15 is 0 Å². The Balaban J connectivity index is 1.56. The third-order valence-electron chi connectivity index (χ3n) is 6.08. The summed E-state index contributed by atoms with van der Waals surface area (Å²) in [6.07, 6.45) is 5.69. The Kier molecular flexibility index (Phi) is 6.69. The summed E-state index contributed by atoms with van der Waals surface area (Å²) in [6.45, 7) is 7.28. The number of hydrogen-bond donors (Lipinski definition) is 0. The van der Waals surface area contributed by atoms with Gasteiger partial charge in [-0.1, -0.05) is 17.3 Å². The fourth-order valence-corrected chi connectivity index (χ4v) is 4.54. The third kappa shape index (κ3) is 4.75. The molecule has 1 aliphatic heterocycles. The first-order chi connectivity index (χ1) is 15.5. The number of ether oxygens (including phenoxy) is 1. The highest BCUT2D eigenvalue weighted by Gasteiger charge is 2.44. The summed E-state index contributed by atoms with van der Waals surface area (Å²) in [4.78, 5) is 19.7. The van der Waals surface area contributed by atoms with Gasteiger partial charge in [0.25, 0.3) is 0 Å².